The van der Waals surface area contributed by atoms with E-state index in [1.807, 2.05) is 18.4 Å². The Morgan fingerprint density at radius 2 is 1.96 bits per heavy atom. The first-order valence-electron chi connectivity index (χ1n) is 8.29. The number of hydrogen-bond acceptors (Lipinski definition) is 7. The highest BCUT2D eigenvalue weighted by molar-refractivity contribution is 7.92. The molecule has 1 aromatic carbocycles. The molecule has 144 valence electrons. The van der Waals surface area contributed by atoms with Crippen LogP contribution in [-0.2, 0) is 17.1 Å². The maximum atomic E-state index is 12.9. The third-order valence-electron chi connectivity index (χ3n) is 4.25. The van der Waals surface area contributed by atoms with E-state index in [9.17, 15) is 8.42 Å². The molecule has 0 aliphatic carbocycles. The Morgan fingerprint density at radius 1 is 1.14 bits per heavy atom. The topological polar surface area (TPSA) is 99.0 Å². The molecule has 1 N–H and O–H groups in total. The Hall–Kier alpha value is -2.98. The number of benzene rings is 1. The molecule has 3 heterocycles. The average molecular weight is 416 g/mol. The summed E-state index contributed by atoms with van der Waals surface area (Å²) >= 11 is 1.51. The zero-order valence-corrected chi connectivity index (χ0v) is 17.0. The number of sulfonamides is 1. The van der Waals surface area contributed by atoms with Crippen molar-refractivity contribution in [3.8, 4) is 17.1 Å². The van der Waals surface area contributed by atoms with Gasteiger partial charge in [-0.05, 0) is 31.2 Å². The second-order valence-corrected chi connectivity index (χ2v) is 8.83. The van der Waals surface area contributed by atoms with Gasteiger partial charge in [0.1, 0.15) is 16.3 Å². The third-order valence-corrected chi connectivity index (χ3v) is 6.36. The van der Waals surface area contributed by atoms with E-state index in [1.165, 1.54) is 30.7 Å². The van der Waals surface area contributed by atoms with Gasteiger partial charge in [-0.3, -0.25) is 14.4 Å². The standard InChI is InChI=1S/C18H17N5O3S2/c1-11-21-15(10-27-11)14-6-5-13(9-19-14)28(24,25)22-17-16(26-3)7-4-12-8-20-23(2)18(12)17/h4-10,22H,1-3H3. The summed E-state index contributed by atoms with van der Waals surface area (Å²) in [5.74, 6) is 0.405. The third kappa shape index (κ3) is 3.20. The number of ether oxygens (including phenoxy) is 1. The first-order valence-corrected chi connectivity index (χ1v) is 10.7. The summed E-state index contributed by atoms with van der Waals surface area (Å²) in [5.41, 5.74) is 2.31. The molecule has 8 nitrogen and oxygen atoms in total. The summed E-state index contributed by atoms with van der Waals surface area (Å²) in [4.78, 5) is 8.67. The molecule has 3 aromatic heterocycles. The predicted molar refractivity (Wildman–Crippen MR) is 108 cm³/mol. The summed E-state index contributed by atoms with van der Waals surface area (Å²) in [6.07, 6.45) is 2.99. The number of hydrogen-bond donors (Lipinski definition) is 1. The van der Waals surface area contributed by atoms with Gasteiger partial charge in [-0.15, -0.1) is 11.3 Å². The van der Waals surface area contributed by atoms with E-state index in [4.69, 9.17) is 4.74 Å². The number of methoxy groups -OCH3 is 1. The van der Waals surface area contributed by atoms with Crippen LogP contribution < -0.4 is 9.46 Å². The first-order chi connectivity index (χ1) is 13.4. The highest BCUT2D eigenvalue weighted by Gasteiger charge is 2.21. The van der Waals surface area contributed by atoms with Crippen LogP contribution in [0.15, 0.2) is 46.9 Å². The highest BCUT2D eigenvalue weighted by atomic mass is 32.2. The van der Waals surface area contributed by atoms with Crippen LogP contribution in [0.5, 0.6) is 5.75 Å². The summed E-state index contributed by atoms with van der Waals surface area (Å²) < 4.78 is 35.5. The molecule has 10 heteroatoms. The van der Waals surface area contributed by atoms with Gasteiger partial charge in [0.25, 0.3) is 10.0 Å². The summed E-state index contributed by atoms with van der Waals surface area (Å²) in [7, 11) is -0.648. The second kappa shape index (κ2) is 6.88. The van der Waals surface area contributed by atoms with Crippen LogP contribution >= 0.6 is 11.3 Å². The van der Waals surface area contributed by atoms with E-state index in [-0.39, 0.29) is 4.90 Å². The van der Waals surface area contributed by atoms with Crippen molar-refractivity contribution in [2.45, 2.75) is 11.8 Å². The van der Waals surface area contributed by atoms with Crippen LogP contribution in [0.1, 0.15) is 5.01 Å². The van der Waals surface area contributed by atoms with Crippen molar-refractivity contribution in [2.75, 3.05) is 11.8 Å². The van der Waals surface area contributed by atoms with E-state index < -0.39 is 10.0 Å². The molecule has 0 unspecified atom stereocenters. The van der Waals surface area contributed by atoms with E-state index >= 15 is 0 Å². The van der Waals surface area contributed by atoms with Crippen molar-refractivity contribution in [3.63, 3.8) is 0 Å². The van der Waals surface area contributed by atoms with Gasteiger partial charge in [-0.2, -0.15) is 5.10 Å². The molecule has 0 amide bonds. The van der Waals surface area contributed by atoms with Crippen LogP contribution in [0.2, 0.25) is 0 Å². The van der Waals surface area contributed by atoms with Crippen molar-refractivity contribution in [3.05, 3.63) is 47.0 Å². The molecule has 0 radical (unpaired) electrons. The predicted octanol–water partition coefficient (Wildman–Crippen LogP) is 3.21. The van der Waals surface area contributed by atoms with E-state index in [2.05, 4.69) is 19.8 Å². The molecule has 28 heavy (non-hydrogen) atoms. The molecular formula is C18H17N5O3S2. The van der Waals surface area contributed by atoms with E-state index in [1.54, 1.807) is 30.1 Å². The maximum Gasteiger partial charge on any atom is 0.263 e. The monoisotopic (exact) mass is 415 g/mol. The largest absolute Gasteiger partial charge is 0.494 e. The zero-order chi connectivity index (χ0) is 19.9. The number of nitrogens with zero attached hydrogens (tertiary/aromatic N) is 4. The number of aryl methyl sites for hydroxylation is 2. The Balaban J connectivity index is 1.72. The van der Waals surface area contributed by atoms with Gasteiger partial charge in [0.15, 0.2) is 0 Å². The van der Waals surface area contributed by atoms with E-state index in [0.717, 1.165) is 16.1 Å². The van der Waals surface area contributed by atoms with Crippen molar-refractivity contribution in [1.29, 1.82) is 0 Å². The van der Waals surface area contributed by atoms with Gasteiger partial charge in [-0.25, -0.2) is 13.4 Å². The smallest absolute Gasteiger partial charge is 0.263 e. The van der Waals surface area contributed by atoms with Gasteiger partial charge < -0.3 is 4.74 Å². The number of anilines is 1. The fourth-order valence-electron chi connectivity index (χ4n) is 2.88. The van der Waals surface area contributed by atoms with Crippen LogP contribution in [0.25, 0.3) is 22.3 Å². The molecule has 0 saturated heterocycles. The van der Waals surface area contributed by atoms with Crippen molar-refractivity contribution in [2.24, 2.45) is 7.05 Å². The molecule has 0 saturated carbocycles. The lowest BCUT2D eigenvalue weighted by molar-refractivity contribution is 0.417. The Morgan fingerprint density at radius 3 is 2.61 bits per heavy atom. The molecule has 0 spiro atoms. The van der Waals surface area contributed by atoms with Gasteiger partial charge in [0.05, 0.1) is 35.2 Å². The van der Waals surface area contributed by atoms with Crippen LogP contribution in [0.4, 0.5) is 5.69 Å². The summed E-state index contributed by atoms with van der Waals surface area (Å²) in [6.45, 7) is 1.91. The molecule has 0 aliphatic heterocycles. The van der Waals surface area contributed by atoms with Crippen LogP contribution in [0, 0.1) is 6.92 Å². The fraction of sp³-hybridized carbons (Fsp3) is 0.167. The first kappa shape index (κ1) is 18.4. The van der Waals surface area contributed by atoms with Gasteiger partial charge in [0, 0.05) is 24.0 Å². The van der Waals surface area contributed by atoms with E-state index in [0.29, 0.717) is 22.6 Å². The number of rotatable bonds is 5. The van der Waals surface area contributed by atoms with Crippen LogP contribution in [0.3, 0.4) is 0 Å². The highest BCUT2D eigenvalue weighted by Crippen LogP contribution is 2.34. The number of thiazole rings is 1. The Kier molecular flexibility index (Phi) is 4.52. The lowest BCUT2D eigenvalue weighted by Crippen LogP contribution is -2.15. The zero-order valence-electron chi connectivity index (χ0n) is 15.4. The summed E-state index contributed by atoms with van der Waals surface area (Å²) in [6, 6.07) is 6.68. The minimum Gasteiger partial charge on any atom is -0.494 e. The number of nitrogens with one attached hydrogen (secondary N) is 1. The van der Waals surface area contributed by atoms with Crippen molar-refractivity contribution >= 4 is 38.0 Å². The van der Waals surface area contributed by atoms with Crippen LogP contribution in [-0.4, -0.2) is 35.3 Å². The van der Waals surface area contributed by atoms with Gasteiger partial charge in [0.2, 0.25) is 0 Å². The molecule has 0 atom stereocenters. The maximum absolute atomic E-state index is 12.9. The molecule has 4 aromatic rings. The summed E-state index contributed by atoms with van der Waals surface area (Å²) in [5, 5.41) is 7.80. The molecular weight excluding hydrogens is 398 g/mol. The van der Waals surface area contributed by atoms with Crippen molar-refractivity contribution < 1.29 is 13.2 Å². The van der Waals surface area contributed by atoms with Crippen molar-refractivity contribution in [1.82, 2.24) is 19.7 Å². The lowest BCUT2D eigenvalue weighted by atomic mass is 10.2. The average Bonchev–Trinajstić information content (AvgIpc) is 3.28. The molecule has 0 aliphatic rings. The molecule has 0 bridgehead atoms. The number of pyridine rings is 1. The Labute approximate surface area is 165 Å². The Bertz CT molecular complexity index is 1260. The SMILES string of the molecule is COc1ccc2cnn(C)c2c1NS(=O)(=O)c1ccc(-c2csc(C)n2)nc1. The minimum atomic E-state index is -3.88. The van der Waals surface area contributed by atoms with Gasteiger partial charge in [-0.1, -0.05) is 0 Å². The normalized spacial score (nSPS) is 11.7. The number of aromatic nitrogens is 4. The molecule has 4 rings (SSSR count). The fourth-order valence-corrected chi connectivity index (χ4v) is 4.51. The number of fused-ring (bicyclic) bond motifs is 1. The minimum absolute atomic E-state index is 0.0458. The van der Waals surface area contributed by atoms with Gasteiger partial charge >= 0.3 is 0 Å². The lowest BCUT2D eigenvalue weighted by Gasteiger charge is -2.14. The second-order valence-electron chi connectivity index (χ2n) is 6.09. The molecule has 0 fully saturated rings. The quantitative estimate of drug-likeness (QED) is 0.537.